The Morgan fingerprint density at radius 3 is 2.58 bits per heavy atom. The number of esters is 1. The molecule has 1 spiro atoms. The quantitative estimate of drug-likeness (QED) is 0.757. The van der Waals surface area contributed by atoms with Crippen LogP contribution in [-0.2, 0) is 14.3 Å². The molecule has 4 aliphatic carbocycles. The lowest BCUT2D eigenvalue weighted by Gasteiger charge is -2.63. The van der Waals surface area contributed by atoms with Crippen LogP contribution in [0.2, 0.25) is 0 Å². The fraction of sp³-hybridized carbons (Fsp3) is 0.909. The van der Waals surface area contributed by atoms with Crippen molar-refractivity contribution in [2.45, 2.75) is 84.7 Å². The van der Waals surface area contributed by atoms with E-state index in [1.54, 1.807) is 0 Å². The van der Waals surface area contributed by atoms with Gasteiger partial charge in [0.25, 0.3) is 0 Å². The third-order valence-corrected chi connectivity index (χ3v) is 9.14. The number of fused-ring (bicyclic) bond motifs is 3. The summed E-state index contributed by atoms with van der Waals surface area (Å²) >= 11 is 0. The lowest BCUT2D eigenvalue weighted by Crippen LogP contribution is -2.58. The van der Waals surface area contributed by atoms with E-state index in [1.165, 1.54) is 6.92 Å². The third-order valence-electron chi connectivity index (χ3n) is 9.14. The molecule has 4 rings (SSSR count). The molecule has 4 heteroatoms. The summed E-state index contributed by atoms with van der Waals surface area (Å²) in [7, 11) is 0. The van der Waals surface area contributed by atoms with Gasteiger partial charge in [-0.2, -0.15) is 0 Å². The summed E-state index contributed by atoms with van der Waals surface area (Å²) in [5.74, 6) is 1.39. The molecule has 0 aromatic heterocycles. The first kappa shape index (κ1) is 18.5. The van der Waals surface area contributed by atoms with Crippen molar-refractivity contribution in [2.75, 3.05) is 6.61 Å². The second-order valence-electron chi connectivity index (χ2n) is 10.7. The fourth-order valence-corrected chi connectivity index (χ4v) is 8.04. The second kappa shape index (κ2) is 5.56. The highest BCUT2D eigenvalue weighted by Gasteiger charge is 2.68. The number of aliphatic hydroxyl groups is 1. The van der Waals surface area contributed by atoms with Crippen molar-refractivity contribution >= 4 is 11.8 Å². The zero-order chi connectivity index (χ0) is 19.0. The molecule has 4 nitrogen and oxygen atoms in total. The molecule has 4 aliphatic rings. The molecular weight excluding hydrogens is 328 g/mol. The van der Waals surface area contributed by atoms with Crippen LogP contribution in [0, 0.1) is 34.0 Å². The number of ketones is 1. The number of Topliss-reactive ketones (excluding diaryl/α,β-unsaturated/α-hetero) is 1. The van der Waals surface area contributed by atoms with Gasteiger partial charge in [0.1, 0.15) is 18.0 Å². The predicted octanol–water partition coefficient (Wildman–Crippen LogP) is 3.89. The normalized spacial score (nSPS) is 49.3. The van der Waals surface area contributed by atoms with E-state index in [9.17, 15) is 14.7 Å². The minimum atomic E-state index is -0.858. The average molecular weight is 363 g/mol. The minimum Gasteiger partial charge on any atom is -0.463 e. The van der Waals surface area contributed by atoms with Gasteiger partial charge in [0.2, 0.25) is 0 Å². The van der Waals surface area contributed by atoms with Crippen LogP contribution in [0.5, 0.6) is 0 Å². The Hall–Kier alpha value is -0.900. The van der Waals surface area contributed by atoms with Crippen molar-refractivity contribution in [3.8, 4) is 0 Å². The van der Waals surface area contributed by atoms with E-state index in [0.29, 0.717) is 24.0 Å². The molecule has 4 fully saturated rings. The standard InChI is InChI=1S/C22H34O4/c1-14(23)26-13-22(25)12-21-10-7-16-19(2,3)18(24)8-9-20(16,4)17(21)6-5-15(22)11-21/h15-17,25H,5-13H2,1-4H3/t15-,16+,17-,20+,21+,22-/m1/s1. The lowest BCUT2D eigenvalue weighted by atomic mass is 9.41. The monoisotopic (exact) mass is 362 g/mol. The summed E-state index contributed by atoms with van der Waals surface area (Å²) in [5.41, 5.74) is -0.728. The van der Waals surface area contributed by atoms with Crippen LogP contribution in [-0.4, -0.2) is 29.1 Å². The zero-order valence-corrected chi connectivity index (χ0v) is 16.8. The molecule has 4 saturated carbocycles. The summed E-state index contributed by atoms with van der Waals surface area (Å²) in [4.78, 5) is 23.9. The van der Waals surface area contributed by atoms with Gasteiger partial charge in [-0.1, -0.05) is 20.8 Å². The van der Waals surface area contributed by atoms with Gasteiger partial charge in [-0.05, 0) is 73.5 Å². The molecule has 146 valence electrons. The van der Waals surface area contributed by atoms with Crippen molar-refractivity contribution in [2.24, 2.45) is 34.0 Å². The van der Waals surface area contributed by atoms with E-state index in [0.717, 1.165) is 44.9 Å². The maximum atomic E-state index is 12.6. The van der Waals surface area contributed by atoms with Gasteiger partial charge in [-0.25, -0.2) is 0 Å². The van der Waals surface area contributed by atoms with Gasteiger partial charge in [0.05, 0.1) is 0 Å². The predicted molar refractivity (Wildman–Crippen MR) is 98.3 cm³/mol. The highest BCUT2D eigenvalue weighted by Crippen LogP contribution is 2.72. The molecule has 0 aromatic rings. The van der Waals surface area contributed by atoms with E-state index >= 15 is 0 Å². The summed E-state index contributed by atoms with van der Waals surface area (Å²) < 4.78 is 5.26. The maximum absolute atomic E-state index is 12.6. The summed E-state index contributed by atoms with van der Waals surface area (Å²) in [6.45, 7) is 8.31. The first-order valence-corrected chi connectivity index (χ1v) is 10.4. The number of hydrogen-bond acceptors (Lipinski definition) is 4. The maximum Gasteiger partial charge on any atom is 0.302 e. The topological polar surface area (TPSA) is 63.6 Å². The first-order chi connectivity index (χ1) is 12.0. The molecule has 2 bridgehead atoms. The van der Waals surface area contributed by atoms with Crippen LogP contribution in [0.3, 0.4) is 0 Å². The molecule has 26 heavy (non-hydrogen) atoms. The zero-order valence-electron chi connectivity index (χ0n) is 16.8. The highest BCUT2D eigenvalue weighted by molar-refractivity contribution is 5.85. The van der Waals surface area contributed by atoms with Crippen LogP contribution in [0.4, 0.5) is 0 Å². The third kappa shape index (κ3) is 2.36. The van der Waals surface area contributed by atoms with E-state index in [-0.39, 0.29) is 34.7 Å². The highest BCUT2D eigenvalue weighted by atomic mass is 16.5. The molecule has 0 amide bonds. The molecule has 0 unspecified atom stereocenters. The van der Waals surface area contributed by atoms with Crippen molar-refractivity contribution in [3.63, 3.8) is 0 Å². The van der Waals surface area contributed by atoms with Gasteiger partial charge in [0.15, 0.2) is 0 Å². The molecular formula is C22H34O4. The van der Waals surface area contributed by atoms with E-state index in [2.05, 4.69) is 20.8 Å². The molecule has 0 aromatic carbocycles. The Morgan fingerprint density at radius 2 is 1.88 bits per heavy atom. The van der Waals surface area contributed by atoms with Crippen LogP contribution in [0.25, 0.3) is 0 Å². The van der Waals surface area contributed by atoms with Gasteiger partial charge in [-0.3, -0.25) is 9.59 Å². The van der Waals surface area contributed by atoms with E-state index in [1.807, 2.05) is 0 Å². The molecule has 0 saturated heterocycles. The van der Waals surface area contributed by atoms with Gasteiger partial charge >= 0.3 is 5.97 Å². The molecule has 0 aliphatic heterocycles. The van der Waals surface area contributed by atoms with E-state index in [4.69, 9.17) is 4.74 Å². The first-order valence-electron chi connectivity index (χ1n) is 10.4. The second-order valence-corrected chi connectivity index (χ2v) is 10.7. The smallest absolute Gasteiger partial charge is 0.302 e. The van der Waals surface area contributed by atoms with Crippen LogP contribution < -0.4 is 0 Å². The fourth-order valence-electron chi connectivity index (χ4n) is 8.04. The van der Waals surface area contributed by atoms with Gasteiger partial charge in [-0.15, -0.1) is 0 Å². The lowest BCUT2D eigenvalue weighted by molar-refractivity contribution is -0.165. The van der Waals surface area contributed by atoms with Crippen molar-refractivity contribution < 1.29 is 19.4 Å². The van der Waals surface area contributed by atoms with Crippen LogP contribution >= 0.6 is 0 Å². The number of ether oxygens (including phenoxy) is 1. The Balaban J connectivity index is 1.64. The molecule has 0 heterocycles. The largest absolute Gasteiger partial charge is 0.463 e. The molecule has 1 N–H and O–H groups in total. The Bertz CT molecular complexity index is 640. The Labute approximate surface area is 157 Å². The number of hydrogen-bond donors (Lipinski definition) is 1. The minimum absolute atomic E-state index is 0.144. The van der Waals surface area contributed by atoms with Gasteiger partial charge in [0, 0.05) is 18.8 Å². The molecule has 0 radical (unpaired) electrons. The molecule has 6 atom stereocenters. The van der Waals surface area contributed by atoms with Crippen molar-refractivity contribution in [1.29, 1.82) is 0 Å². The van der Waals surface area contributed by atoms with Crippen LogP contribution in [0.15, 0.2) is 0 Å². The Morgan fingerprint density at radius 1 is 1.15 bits per heavy atom. The summed E-state index contributed by atoms with van der Waals surface area (Å²) in [6.07, 6.45) is 7.87. The van der Waals surface area contributed by atoms with Gasteiger partial charge < -0.3 is 9.84 Å². The average Bonchev–Trinajstić information content (AvgIpc) is 2.76. The number of carbonyl (C=O) groups excluding carboxylic acids is 2. The van der Waals surface area contributed by atoms with Crippen molar-refractivity contribution in [1.82, 2.24) is 0 Å². The number of carbonyl (C=O) groups is 2. The van der Waals surface area contributed by atoms with Crippen LogP contribution in [0.1, 0.15) is 79.1 Å². The summed E-state index contributed by atoms with van der Waals surface area (Å²) in [6, 6.07) is 0. The number of rotatable bonds is 2. The Kier molecular flexibility index (Phi) is 3.95. The van der Waals surface area contributed by atoms with E-state index < -0.39 is 5.60 Å². The summed E-state index contributed by atoms with van der Waals surface area (Å²) in [5, 5.41) is 11.3. The SMILES string of the molecule is CC(=O)OC[C@]1(O)C[C@@]23CC[C@H]4C(C)(C)C(=O)CC[C@]4(C)[C@H]2CC[C@@H]1C3. The van der Waals surface area contributed by atoms with Crippen molar-refractivity contribution in [3.05, 3.63) is 0 Å².